The van der Waals surface area contributed by atoms with Crippen LogP contribution >= 0.6 is 8.02 Å². The normalized spacial score (nSPS) is 1.00. The van der Waals surface area contributed by atoms with Crippen LogP contribution in [0.4, 0.5) is 0 Å². The van der Waals surface area contributed by atoms with Gasteiger partial charge in [-0.25, -0.2) is 0 Å². The summed E-state index contributed by atoms with van der Waals surface area (Å²) in [6.07, 6.45) is 0. The van der Waals surface area contributed by atoms with Gasteiger partial charge in [-0.2, -0.15) is 0 Å². The van der Waals surface area contributed by atoms with E-state index in [1.165, 1.54) is 0 Å². The molecule has 4 heteroatoms. The van der Waals surface area contributed by atoms with Gasteiger partial charge in [0.05, 0.1) is 0 Å². The second-order valence-electron chi connectivity index (χ2n) is 0. The summed E-state index contributed by atoms with van der Waals surface area (Å²) in [7, 11) is 2.56. The van der Waals surface area contributed by atoms with Gasteiger partial charge in [0, 0.05) is 21.7 Å². The Balaban J connectivity index is -0.00000000500. The summed E-state index contributed by atoms with van der Waals surface area (Å²) < 4.78 is 0. The van der Waals surface area contributed by atoms with Crippen molar-refractivity contribution >= 4 is 38.7 Å². The summed E-state index contributed by atoms with van der Waals surface area (Å²) >= 11 is 3.89. The fraction of sp³-hybridized carbons (Fsp3) is 0. The van der Waals surface area contributed by atoms with Crippen molar-refractivity contribution in [2.45, 2.75) is 0 Å². The molecule has 0 unspecified atom stereocenters. The Morgan fingerprint density at radius 2 is 1.25 bits per heavy atom. The molecule has 0 amide bonds. The maximum Gasteiger partial charge on any atom is 0 e. The van der Waals surface area contributed by atoms with Gasteiger partial charge < -0.3 is 0 Å². The Hall–Kier alpha value is 1.83. The molecule has 0 aliphatic rings. The monoisotopic (exact) mass is 120 g/mol. The third kappa shape index (κ3) is 9.16. The SMILES string of the molecule is P=S.[LiH].[Ti]. The van der Waals surface area contributed by atoms with Crippen LogP contribution in [0.2, 0.25) is 0 Å². The molecular formula is H2LiPSTi. The molecule has 0 saturated heterocycles. The van der Waals surface area contributed by atoms with Crippen molar-refractivity contribution in [1.29, 1.82) is 0 Å². The predicted molar refractivity (Wildman–Crippen MR) is 22.8 cm³/mol. The molecule has 0 nitrogen and oxygen atoms in total. The minimum absolute atomic E-state index is 0. The Labute approximate surface area is 60.0 Å². The van der Waals surface area contributed by atoms with E-state index in [-0.39, 0.29) is 40.6 Å². The zero-order chi connectivity index (χ0) is 2.00. The van der Waals surface area contributed by atoms with Crippen LogP contribution in [0.1, 0.15) is 0 Å². The van der Waals surface area contributed by atoms with Gasteiger partial charge in [-0.15, -0.1) is 0 Å². The topological polar surface area (TPSA) is 0 Å². The van der Waals surface area contributed by atoms with Gasteiger partial charge in [0.1, 0.15) is 0 Å². The molecule has 0 radical (unpaired) electrons. The molecule has 0 aliphatic carbocycles. The third-order valence-corrected chi connectivity index (χ3v) is 0. The first-order valence-electron chi connectivity index (χ1n) is 0.204. The van der Waals surface area contributed by atoms with Crippen molar-refractivity contribution in [3.8, 4) is 0 Å². The Morgan fingerprint density at radius 3 is 1.25 bits per heavy atom. The van der Waals surface area contributed by atoms with Crippen molar-refractivity contribution < 1.29 is 21.7 Å². The average Bonchev–Trinajstić information content (AvgIpc) is 1.00. The Bertz CT molecular complexity index is 8.00. The molecule has 0 saturated carbocycles. The van der Waals surface area contributed by atoms with Gasteiger partial charge in [0.15, 0.2) is 0 Å². The van der Waals surface area contributed by atoms with Crippen LogP contribution in [0.25, 0.3) is 0 Å². The number of rotatable bonds is 0. The zero-order valence-corrected chi connectivity index (χ0v) is 4.79. The molecular weight excluding hydrogens is 118 g/mol. The van der Waals surface area contributed by atoms with E-state index in [0.717, 1.165) is 0 Å². The summed E-state index contributed by atoms with van der Waals surface area (Å²) in [5.74, 6) is 0. The van der Waals surface area contributed by atoms with Crippen LogP contribution in [0.5, 0.6) is 0 Å². The first-order valence-corrected chi connectivity index (χ1v) is 1.84. The van der Waals surface area contributed by atoms with Crippen molar-refractivity contribution in [2.24, 2.45) is 0 Å². The van der Waals surface area contributed by atoms with Gasteiger partial charge in [-0.05, 0) is 8.02 Å². The average molecular weight is 120 g/mol. The quantitative estimate of drug-likeness (QED) is 0.318. The van der Waals surface area contributed by atoms with E-state index < -0.39 is 0 Å². The van der Waals surface area contributed by atoms with E-state index in [1.54, 1.807) is 0 Å². The molecule has 0 fully saturated rings. The predicted octanol–water partition coefficient (Wildman–Crippen LogP) is -0.0599. The van der Waals surface area contributed by atoms with Gasteiger partial charge in [-0.3, -0.25) is 0 Å². The van der Waals surface area contributed by atoms with Crippen molar-refractivity contribution in [3.05, 3.63) is 0 Å². The van der Waals surface area contributed by atoms with E-state index in [4.69, 9.17) is 0 Å². The molecule has 0 aromatic heterocycles. The summed E-state index contributed by atoms with van der Waals surface area (Å²) in [5, 5.41) is 0. The van der Waals surface area contributed by atoms with Crippen molar-refractivity contribution in [1.82, 2.24) is 0 Å². The molecule has 0 spiro atoms. The minimum Gasteiger partial charge on any atom is 0 e. The summed E-state index contributed by atoms with van der Waals surface area (Å²) in [6, 6.07) is 0. The number of hydrogen-bond donors (Lipinski definition) is 0. The summed E-state index contributed by atoms with van der Waals surface area (Å²) in [5.41, 5.74) is 0. The standard InChI is InChI=1S/Li.HPS.Ti.H/c;1-2;;/h;1H;;. The molecule has 0 aromatic carbocycles. The smallest absolute Gasteiger partial charge is 0 e. The first-order chi connectivity index (χ1) is 1.00. The van der Waals surface area contributed by atoms with Gasteiger partial charge in [-0.1, -0.05) is 11.8 Å². The molecule has 0 N–H and O–H groups in total. The van der Waals surface area contributed by atoms with Gasteiger partial charge in [0.25, 0.3) is 0 Å². The van der Waals surface area contributed by atoms with E-state index in [9.17, 15) is 0 Å². The molecule has 0 bridgehead atoms. The van der Waals surface area contributed by atoms with Crippen LogP contribution < -0.4 is 0 Å². The van der Waals surface area contributed by atoms with Crippen LogP contribution in [-0.2, 0) is 33.5 Å². The fourth-order valence-electron chi connectivity index (χ4n) is 0. The Kier molecular flexibility index (Phi) is 89.7. The van der Waals surface area contributed by atoms with Crippen molar-refractivity contribution in [3.63, 3.8) is 0 Å². The van der Waals surface area contributed by atoms with Crippen LogP contribution in [0.3, 0.4) is 0 Å². The molecule has 18 valence electrons. The molecule has 0 atom stereocenters. The first kappa shape index (κ1) is 17.0. The summed E-state index contributed by atoms with van der Waals surface area (Å²) in [6.45, 7) is 0. The summed E-state index contributed by atoms with van der Waals surface area (Å²) in [4.78, 5) is 0. The molecule has 0 rings (SSSR count). The number of hydrogen-bond acceptors (Lipinski definition) is 1. The second-order valence-corrected chi connectivity index (χ2v) is 0. The van der Waals surface area contributed by atoms with Gasteiger partial charge >= 0.3 is 18.9 Å². The van der Waals surface area contributed by atoms with Crippen molar-refractivity contribution in [2.75, 3.05) is 0 Å². The van der Waals surface area contributed by atoms with Crippen LogP contribution in [0.15, 0.2) is 0 Å². The maximum atomic E-state index is 3.89. The van der Waals surface area contributed by atoms with Crippen LogP contribution in [0, 0.1) is 0 Å². The second kappa shape index (κ2) is 21.1. The Morgan fingerprint density at radius 1 is 1.25 bits per heavy atom. The zero-order valence-electron chi connectivity index (χ0n) is 1.41. The third-order valence-electron chi connectivity index (χ3n) is 0. The van der Waals surface area contributed by atoms with E-state index >= 15 is 0 Å². The fourth-order valence-corrected chi connectivity index (χ4v) is 0. The van der Waals surface area contributed by atoms with Gasteiger partial charge in [0.2, 0.25) is 0 Å². The van der Waals surface area contributed by atoms with Crippen LogP contribution in [-0.4, -0.2) is 18.9 Å². The minimum atomic E-state index is 0. The molecule has 0 aliphatic heterocycles. The molecule has 4 heavy (non-hydrogen) atoms. The van der Waals surface area contributed by atoms with E-state index in [2.05, 4.69) is 19.8 Å². The van der Waals surface area contributed by atoms with E-state index in [1.807, 2.05) is 0 Å². The maximum absolute atomic E-state index is 3.89. The largest absolute Gasteiger partial charge is 0 e. The molecule has 0 heterocycles. The molecule has 0 aromatic rings. The van der Waals surface area contributed by atoms with E-state index in [0.29, 0.717) is 0 Å².